The second-order valence-electron chi connectivity index (χ2n) is 3.24. The third-order valence-corrected chi connectivity index (χ3v) is 2.07. The molecule has 2 aromatic rings. The molecule has 1 heterocycles. The maximum Gasteiger partial charge on any atom is 0.311 e. The largest absolute Gasteiger partial charge is 0.493 e. The summed E-state index contributed by atoms with van der Waals surface area (Å²) >= 11 is 0. The van der Waals surface area contributed by atoms with E-state index in [2.05, 4.69) is 9.97 Å². The Labute approximate surface area is 97.0 Å². The summed E-state index contributed by atoms with van der Waals surface area (Å²) in [6.07, 6.45) is 2.85. The first-order chi connectivity index (χ1) is 8.20. The molecule has 0 aliphatic heterocycles. The van der Waals surface area contributed by atoms with E-state index in [0.29, 0.717) is 17.2 Å². The molecule has 1 aromatic heterocycles. The Hall–Kier alpha value is -2.50. The number of ether oxygens (including phenoxy) is 2. The van der Waals surface area contributed by atoms with Crippen LogP contribution in [0.2, 0.25) is 0 Å². The maximum atomic E-state index is 11.4. The summed E-state index contributed by atoms with van der Waals surface area (Å²) < 4.78 is 10.4. The molecule has 6 heteroatoms. The Morgan fingerprint density at radius 1 is 1.35 bits per heavy atom. The highest BCUT2D eigenvalue weighted by atomic mass is 16.5. The van der Waals surface area contributed by atoms with Crippen LogP contribution >= 0.6 is 0 Å². The van der Waals surface area contributed by atoms with Crippen LogP contribution in [-0.4, -0.2) is 17.1 Å². The number of nitrogens with one attached hydrogen (secondary N) is 1. The highest BCUT2D eigenvalue weighted by Gasteiger charge is 2.09. The number of hydrogen-bond donors (Lipinski definition) is 2. The summed E-state index contributed by atoms with van der Waals surface area (Å²) in [6, 6.07) is 4.89. The van der Waals surface area contributed by atoms with Crippen LogP contribution in [-0.2, 0) is 0 Å². The molecule has 0 atom stereocenters. The van der Waals surface area contributed by atoms with Crippen molar-refractivity contribution in [2.45, 2.75) is 0 Å². The first kappa shape index (κ1) is 11.0. The van der Waals surface area contributed by atoms with Gasteiger partial charge in [-0.1, -0.05) is 0 Å². The van der Waals surface area contributed by atoms with E-state index in [-0.39, 0.29) is 5.88 Å². The quantitative estimate of drug-likeness (QED) is 0.776. The first-order valence-corrected chi connectivity index (χ1v) is 4.86. The van der Waals surface area contributed by atoms with Crippen molar-refractivity contribution >= 4 is 5.69 Å². The van der Waals surface area contributed by atoms with E-state index in [0.717, 1.165) is 0 Å². The van der Waals surface area contributed by atoms with E-state index in [1.165, 1.54) is 19.5 Å². The molecule has 0 radical (unpaired) electrons. The predicted octanol–water partition coefficient (Wildman–Crippen LogP) is 1.15. The Morgan fingerprint density at radius 3 is 2.88 bits per heavy atom. The van der Waals surface area contributed by atoms with Gasteiger partial charge in [-0.05, 0) is 12.1 Å². The van der Waals surface area contributed by atoms with Crippen molar-refractivity contribution in [3.63, 3.8) is 0 Å². The van der Waals surface area contributed by atoms with Crippen LogP contribution in [0.1, 0.15) is 0 Å². The zero-order chi connectivity index (χ0) is 12.3. The van der Waals surface area contributed by atoms with Crippen LogP contribution < -0.4 is 20.8 Å². The molecule has 17 heavy (non-hydrogen) atoms. The van der Waals surface area contributed by atoms with Crippen LogP contribution in [0.4, 0.5) is 5.69 Å². The Balaban J connectivity index is 2.39. The number of hydrogen-bond acceptors (Lipinski definition) is 5. The normalized spacial score (nSPS) is 9.94. The molecule has 0 saturated carbocycles. The monoisotopic (exact) mass is 233 g/mol. The smallest absolute Gasteiger partial charge is 0.311 e. The topological polar surface area (TPSA) is 90.2 Å². The molecule has 0 saturated heterocycles. The number of aromatic nitrogens is 2. The van der Waals surface area contributed by atoms with Gasteiger partial charge in [0.05, 0.1) is 7.11 Å². The number of H-pyrrole nitrogens is 1. The first-order valence-electron chi connectivity index (χ1n) is 4.86. The Kier molecular flexibility index (Phi) is 2.95. The third-order valence-electron chi connectivity index (χ3n) is 2.07. The van der Waals surface area contributed by atoms with Crippen molar-refractivity contribution in [1.29, 1.82) is 0 Å². The molecule has 0 fully saturated rings. The number of rotatable bonds is 3. The molecule has 1 aromatic carbocycles. The number of methoxy groups -OCH3 is 1. The van der Waals surface area contributed by atoms with Gasteiger partial charge >= 0.3 is 5.56 Å². The van der Waals surface area contributed by atoms with Crippen LogP contribution in [0.25, 0.3) is 0 Å². The minimum atomic E-state index is -0.419. The molecule has 0 spiro atoms. The number of aromatic amines is 1. The fraction of sp³-hybridized carbons (Fsp3) is 0.0909. The van der Waals surface area contributed by atoms with Gasteiger partial charge in [-0.2, -0.15) is 0 Å². The van der Waals surface area contributed by atoms with Gasteiger partial charge in [0.2, 0.25) is 0 Å². The lowest BCUT2D eigenvalue weighted by atomic mass is 10.3. The molecule has 0 aliphatic rings. The molecule has 3 N–H and O–H groups in total. The van der Waals surface area contributed by atoms with E-state index in [1.54, 1.807) is 18.2 Å². The summed E-state index contributed by atoms with van der Waals surface area (Å²) in [4.78, 5) is 17.7. The van der Waals surface area contributed by atoms with Crippen LogP contribution in [0, 0.1) is 0 Å². The number of anilines is 1. The number of nitrogens with zero attached hydrogens (tertiary/aromatic N) is 1. The lowest BCUT2D eigenvalue weighted by molar-refractivity contribution is 0.372. The van der Waals surface area contributed by atoms with Gasteiger partial charge in [0, 0.05) is 24.1 Å². The number of nitrogens with two attached hydrogens (primary N) is 1. The molecule has 0 amide bonds. The van der Waals surface area contributed by atoms with Gasteiger partial charge in [-0.15, -0.1) is 0 Å². The van der Waals surface area contributed by atoms with Crippen LogP contribution in [0.15, 0.2) is 35.4 Å². The van der Waals surface area contributed by atoms with Crippen LogP contribution in [0.3, 0.4) is 0 Å². The molecule has 88 valence electrons. The highest BCUT2D eigenvalue weighted by molar-refractivity contribution is 5.52. The zero-order valence-electron chi connectivity index (χ0n) is 9.14. The average molecular weight is 233 g/mol. The second-order valence-corrected chi connectivity index (χ2v) is 3.24. The molecule has 6 nitrogen and oxygen atoms in total. The predicted molar refractivity (Wildman–Crippen MR) is 62.3 cm³/mol. The summed E-state index contributed by atoms with van der Waals surface area (Å²) in [5, 5.41) is 0. The van der Waals surface area contributed by atoms with Gasteiger partial charge < -0.3 is 20.2 Å². The van der Waals surface area contributed by atoms with E-state index in [9.17, 15) is 4.79 Å². The third kappa shape index (κ3) is 2.36. The summed E-state index contributed by atoms with van der Waals surface area (Å²) in [7, 11) is 1.50. The minimum Gasteiger partial charge on any atom is -0.493 e. The minimum absolute atomic E-state index is 0.0589. The van der Waals surface area contributed by atoms with Crippen molar-refractivity contribution in [2.24, 2.45) is 0 Å². The van der Waals surface area contributed by atoms with Crippen molar-refractivity contribution in [3.8, 4) is 17.4 Å². The van der Waals surface area contributed by atoms with E-state index < -0.39 is 5.56 Å². The summed E-state index contributed by atoms with van der Waals surface area (Å²) in [5.41, 5.74) is 5.72. The van der Waals surface area contributed by atoms with Crippen molar-refractivity contribution < 1.29 is 9.47 Å². The summed E-state index contributed by atoms with van der Waals surface area (Å²) in [6.45, 7) is 0. The SMILES string of the molecule is COc1ccc(N)cc1Oc1ncc[nH]c1=O. The fourth-order valence-corrected chi connectivity index (χ4v) is 1.29. The number of benzene rings is 1. The van der Waals surface area contributed by atoms with Crippen molar-refractivity contribution in [2.75, 3.05) is 12.8 Å². The van der Waals surface area contributed by atoms with E-state index in [4.69, 9.17) is 15.2 Å². The molecule has 0 bridgehead atoms. The second kappa shape index (κ2) is 4.56. The van der Waals surface area contributed by atoms with E-state index in [1.807, 2.05) is 0 Å². The molecular formula is C11H11N3O3. The van der Waals surface area contributed by atoms with Crippen molar-refractivity contribution in [1.82, 2.24) is 9.97 Å². The van der Waals surface area contributed by atoms with Crippen molar-refractivity contribution in [3.05, 3.63) is 40.9 Å². The highest BCUT2D eigenvalue weighted by Crippen LogP contribution is 2.31. The lowest BCUT2D eigenvalue weighted by Gasteiger charge is -2.09. The standard InChI is InChI=1S/C11H11N3O3/c1-16-8-3-2-7(12)6-9(8)17-11-10(15)13-4-5-14-11/h2-6H,12H2,1H3,(H,13,15). The molecule has 0 aliphatic carbocycles. The molecular weight excluding hydrogens is 222 g/mol. The molecule has 2 rings (SSSR count). The van der Waals surface area contributed by atoms with Crippen LogP contribution in [0.5, 0.6) is 17.4 Å². The average Bonchev–Trinajstić information content (AvgIpc) is 2.32. The maximum absolute atomic E-state index is 11.4. The fourth-order valence-electron chi connectivity index (χ4n) is 1.29. The van der Waals surface area contributed by atoms with Gasteiger partial charge in [0.25, 0.3) is 5.88 Å². The van der Waals surface area contributed by atoms with Gasteiger partial charge in [0.1, 0.15) is 0 Å². The Bertz CT molecular complexity index is 580. The summed E-state index contributed by atoms with van der Waals surface area (Å²) in [5.74, 6) is 0.761. The number of nitrogen functional groups attached to an aromatic ring is 1. The Morgan fingerprint density at radius 2 is 2.18 bits per heavy atom. The van der Waals surface area contributed by atoms with E-state index >= 15 is 0 Å². The van der Waals surface area contributed by atoms with Gasteiger partial charge in [-0.25, -0.2) is 4.98 Å². The van der Waals surface area contributed by atoms with Gasteiger partial charge in [0.15, 0.2) is 11.5 Å². The zero-order valence-corrected chi connectivity index (χ0v) is 9.14. The lowest BCUT2D eigenvalue weighted by Crippen LogP contribution is -2.09. The molecule has 0 unspecified atom stereocenters. The van der Waals surface area contributed by atoms with Gasteiger partial charge in [-0.3, -0.25) is 4.79 Å².